The average molecular weight is 261 g/mol. The highest BCUT2D eigenvalue weighted by Crippen LogP contribution is 2.22. The number of carbonyl (C=O) groups excluding carboxylic acids is 1. The van der Waals surface area contributed by atoms with Crippen LogP contribution in [0.15, 0.2) is 41.8 Å². The first-order valence-corrected chi connectivity index (χ1v) is 6.54. The molecular weight excluding hydrogens is 246 g/mol. The Kier molecular flexibility index (Phi) is 4.12. The fourth-order valence-corrected chi connectivity index (χ4v) is 2.52. The number of thiophene rings is 1. The minimum atomic E-state index is -0.546. The summed E-state index contributed by atoms with van der Waals surface area (Å²) in [6.07, 6.45) is 0.295. The van der Waals surface area contributed by atoms with Crippen molar-refractivity contribution in [3.63, 3.8) is 0 Å². The number of benzene rings is 1. The Bertz CT molecular complexity index is 522. The van der Waals surface area contributed by atoms with Crippen LogP contribution in [0.3, 0.4) is 0 Å². The summed E-state index contributed by atoms with van der Waals surface area (Å²) in [4.78, 5) is 13.0. The molecule has 3 nitrogen and oxygen atoms in total. The summed E-state index contributed by atoms with van der Waals surface area (Å²) in [6, 6.07) is 10.7. The Morgan fingerprint density at radius 1 is 1.33 bits per heavy atom. The number of hydrogen-bond acceptors (Lipinski definition) is 4. The predicted molar refractivity (Wildman–Crippen MR) is 73.0 cm³/mol. The van der Waals surface area contributed by atoms with Crippen molar-refractivity contribution in [2.45, 2.75) is 12.5 Å². The predicted octanol–water partition coefficient (Wildman–Crippen LogP) is 2.57. The largest absolute Gasteiger partial charge is 0.496 e. The van der Waals surface area contributed by atoms with Crippen molar-refractivity contribution in [3.8, 4) is 5.75 Å². The van der Waals surface area contributed by atoms with Gasteiger partial charge in [-0.05, 0) is 17.5 Å². The first-order chi connectivity index (χ1) is 8.72. The van der Waals surface area contributed by atoms with E-state index in [4.69, 9.17) is 10.5 Å². The Labute approximate surface area is 110 Å². The maximum Gasteiger partial charge on any atom is 0.159 e. The van der Waals surface area contributed by atoms with Gasteiger partial charge in [0.15, 0.2) is 5.78 Å². The van der Waals surface area contributed by atoms with E-state index < -0.39 is 6.04 Å². The van der Waals surface area contributed by atoms with Gasteiger partial charge in [-0.1, -0.05) is 24.3 Å². The number of methoxy groups -OCH3 is 1. The van der Waals surface area contributed by atoms with Crippen LogP contribution in [0.4, 0.5) is 0 Å². The van der Waals surface area contributed by atoms with Crippen molar-refractivity contribution in [2.24, 2.45) is 5.73 Å². The van der Waals surface area contributed by atoms with E-state index in [9.17, 15) is 4.79 Å². The molecule has 1 aromatic heterocycles. The van der Waals surface area contributed by atoms with Crippen LogP contribution < -0.4 is 10.5 Å². The van der Waals surface area contributed by atoms with Crippen LogP contribution in [0.5, 0.6) is 5.75 Å². The van der Waals surface area contributed by atoms with Crippen LogP contribution in [-0.2, 0) is 11.2 Å². The van der Waals surface area contributed by atoms with Crippen molar-refractivity contribution in [1.82, 2.24) is 0 Å². The number of nitrogens with two attached hydrogens (primary N) is 1. The number of ketones is 1. The highest BCUT2D eigenvalue weighted by Gasteiger charge is 2.18. The fourth-order valence-electron chi connectivity index (χ4n) is 1.77. The van der Waals surface area contributed by atoms with Crippen LogP contribution >= 0.6 is 11.3 Å². The summed E-state index contributed by atoms with van der Waals surface area (Å²) in [5, 5.41) is 1.92. The zero-order chi connectivity index (χ0) is 13.0. The van der Waals surface area contributed by atoms with Crippen molar-refractivity contribution in [2.75, 3.05) is 7.11 Å². The number of Topliss-reactive ketones (excluding diaryl/α,β-unsaturated/α-hetero) is 1. The first kappa shape index (κ1) is 12.8. The van der Waals surface area contributed by atoms with E-state index in [2.05, 4.69) is 0 Å². The number of ether oxygens (including phenoxy) is 1. The Balaban J connectivity index is 2.12. The molecule has 1 atom stereocenters. The lowest BCUT2D eigenvalue weighted by Crippen LogP contribution is -2.22. The smallest absolute Gasteiger partial charge is 0.159 e. The minimum absolute atomic E-state index is 0.00181. The van der Waals surface area contributed by atoms with Gasteiger partial charge >= 0.3 is 0 Å². The molecular formula is C14H15NO2S. The van der Waals surface area contributed by atoms with E-state index >= 15 is 0 Å². The number of hydrogen-bond donors (Lipinski definition) is 1. The second-order valence-corrected chi connectivity index (χ2v) is 4.93. The fraction of sp³-hybridized carbons (Fsp3) is 0.214. The molecule has 0 bridgehead atoms. The highest BCUT2D eigenvalue weighted by molar-refractivity contribution is 7.10. The summed E-state index contributed by atoms with van der Waals surface area (Å²) < 4.78 is 5.23. The summed E-state index contributed by atoms with van der Waals surface area (Å²) in [5.41, 5.74) is 6.81. The normalized spacial score (nSPS) is 12.1. The Hall–Kier alpha value is -1.65. The van der Waals surface area contributed by atoms with E-state index in [1.165, 1.54) is 11.3 Å². The lowest BCUT2D eigenvalue weighted by molar-refractivity contribution is -0.119. The maximum atomic E-state index is 12.1. The van der Waals surface area contributed by atoms with Crippen LogP contribution in [-0.4, -0.2) is 12.9 Å². The quantitative estimate of drug-likeness (QED) is 0.900. The third kappa shape index (κ3) is 2.78. The lowest BCUT2D eigenvalue weighted by atomic mass is 10.0. The molecule has 1 unspecified atom stereocenters. The molecule has 0 spiro atoms. The van der Waals surface area contributed by atoms with Gasteiger partial charge in [-0.25, -0.2) is 0 Å². The van der Waals surface area contributed by atoms with Gasteiger partial charge in [0.25, 0.3) is 0 Å². The SMILES string of the molecule is COc1ccccc1CC(=O)C(N)c1cccs1. The molecule has 0 saturated heterocycles. The monoisotopic (exact) mass is 261 g/mol. The topological polar surface area (TPSA) is 52.3 Å². The number of carbonyl (C=O) groups is 1. The molecule has 18 heavy (non-hydrogen) atoms. The lowest BCUT2D eigenvalue weighted by Gasteiger charge is -2.11. The van der Waals surface area contributed by atoms with Crippen LogP contribution in [0.25, 0.3) is 0 Å². The van der Waals surface area contributed by atoms with Gasteiger partial charge in [0, 0.05) is 16.9 Å². The second-order valence-electron chi connectivity index (χ2n) is 3.95. The summed E-state index contributed by atoms with van der Waals surface area (Å²) in [5.74, 6) is 0.728. The molecule has 4 heteroatoms. The van der Waals surface area contributed by atoms with Crippen LogP contribution in [0.1, 0.15) is 16.5 Å². The van der Waals surface area contributed by atoms with Crippen molar-refractivity contribution in [3.05, 3.63) is 52.2 Å². The van der Waals surface area contributed by atoms with Crippen molar-refractivity contribution in [1.29, 1.82) is 0 Å². The molecule has 1 heterocycles. The van der Waals surface area contributed by atoms with Gasteiger partial charge in [0.1, 0.15) is 5.75 Å². The third-order valence-corrected chi connectivity index (χ3v) is 3.71. The summed E-state index contributed by atoms with van der Waals surface area (Å²) >= 11 is 1.50. The summed E-state index contributed by atoms with van der Waals surface area (Å²) in [6.45, 7) is 0. The molecule has 2 aromatic rings. The molecule has 2 rings (SSSR count). The molecule has 0 aliphatic carbocycles. The zero-order valence-electron chi connectivity index (χ0n) is 10.1. The van der Waals surface area contributed by atoms with E-state index in [0.29, 0.717) is 6.42 Å². The maximum absolute atomic E-state index is 12.1. The number of para-hydroxylation sites is 1. The van der Waals surface area contributed by atoms with Gasteiger partial charge < -0.3 is 10.5 Å². The van der Waals surface area contributed by atoms with Crippen molar-refractivity contribution < 1.29 is 9.53 Å². The first-order valence-electron chi connectivity index (χ1n) is 5.66. The molecule has 94 valence electrons. The zero-order valence-corrected chi connectivity index (χ0v) is 10.9. The average Bonchev–Trinajstić information content (AvgIpc) is 2.92. The van der Waals surface area contributed by atoms with Gasteiger partial charge in [0.05, 0.1) is 13.2 Å². The summed E-state index contributed by atoms with van der Waals surface area (Å²) in [7, 11) is 1.60. The van der Waals surface area contributed by atoms with Gasteiger partial charge in [-0.2, -0.15) is 0 Å². The standard InChI is InChI=1S/C14H15NO2S/c1-17-12-6-3-2-5-10(12)9-11(16)14(15)13-7-4-8-18-13/h2-8,14H,9,15H2,1H3. The van der Waals surface area contributed by atoms with Gasteiger partial charge in [0.2, 0.25) is 0 Å². The highest BCUT2D eigenvalue weighted by atomic mass is 32.1. The van der Waals surface area contributed by atoms with E-state index in [1.807, 2.05) is 41.8 Å². The van der Waals surface area contributed by atoms with Crippen molar-refractivity contribution >= 4 is 17.1 Å². The molecule has 1 aromatic carbocycles. The van der Waals surface area contributed by atoms with E-state index in [1.54, 1.807) is 7.11 Å². The van der Waals surface area contributed by atoms with E-state index in [0.717, 1.165) is 16.2 Å². The van der Waals surface area contributed by atoms with Crippen LogP contribution in [0.2, 0.25) is 0 Å². The Morgan fingerprint density at radius 2 is 2.11 bits per heavy atom. The molecule has 2 N–H and O–H groups in total. The molecule has 0 fully saturated rings. The second kappa shape index (κ2) is 5.80. The molecule has 0 radical (unpaired) electrons. The van der Waals surface area contributed by atoms with E-state index in [-0.39, 0.29) is 5.78 Å². The Morgan fingerprint density at radius 3 is 2.78 bits per heavy atom. The minimum Gasteiger partial charge on any atom is -0.496 e. The third-order valence-electron chi connectivity index (χ3n) is 2.75. The molecule has 0 aliphatic heterocycles. The number of rotatable bonds is 5. The molecule has 0 saturated carbocycles. The van der Waals surface area contributed by atoms with Gasteiger partial charge in [-0.3, -0.25) is 4.79 Å². The van der Waals surface area contributed by atoms with Gasteiger partial charge in [-0.15, -0.1) is 11.3 Å². The molecule has 0 aliphatic rings. The van der Waals surface area contributed by atoms with Crippen LogP contribution in [0, 0.1) is 0 Å². The molecule has 0 amide bonds.